The Labute approximate surface area is 115 Å². The predicted octanol–water partition coefficient (Wildman–Crippen LogP) is 2.86. The van der Waals surface area contributed by atoms with Crippen LogP contribution < -0.4 is 0 Å². The molecule has 3 rings (SSSR count). The molecule has 2 aromatic heterocycles. The maximum Gasteiger partial charge on any atom is 0.179 e. The summed E-state index contributed by atoms with van der Waals surface area (Å²) < 4.78 is 0.987. The van der Waals surface area contributed by atoms with Crippen molar-refractivity contribution >= 4 is 0 Å². The van der Waals surface area contributed by atoms with Gasteiger partial charge in [-0.2, -0.15) is 4.73 Å². The molecule has 0 aliphatic rings. The second-order valence-corrected chi connectivity index (χ2v) is 4.44. The van der Waals surface area contributed by atoms with E-state index in [1.165, 1.54) is 0 Å². The first-order chi connectivity index (χ1) is 9.68. The number of aromatic nitrogens is 3. The van der Waals surface area contributed by atoms with E-state index in [-0.39, 0.29) is 5.75 Å². The van der Waals surface area contributed by atoms with Crippen molar-refractivity contribution in [2.24, 2.45) is 0 Å². The van der Waals surface area contributed by atoms with Crippen molar-refractivity contribution in [3.63, 3.8) is 0 Å². The molecule has 0 amide bonds. The van der Waals surface area contributed by atoms with Gasteiger partial charge in [0, 0.05) is 18.0 Å². The largest absolute Gasteiger partial charge is 0.507 e. The Morgan fingerprint density at radius 1 is 1.10 bits per heavy atom. The average molecular weight is 267 g/mol. The molecular weight excluding hydrogens is 254 g/mol. The van der Waals surface area contributed by atoms with Crippen molar-refractivity contribution in [1.29, 1.82) is 0 Å². The van der Waals surface area contributed by atoms with E-state index in [2.05, 4.69) is 9.97 Å². The highest BCUT2D eigenvalue weighted by Gasteiger charge is 2.18. The SMILES string of the molecule is Cc1nc(-c2ccccc2O)n(O)c1-c1cccnc1. The summed E-state index contributed by atoms with van der Waals surface area (Å²) in [6.45, 7) is 1.80. The van der Waals surface area contributed by atoms with Gasteiger partial charge in [-0.3, -0.25) is 4.98 Å². The summed E-state index contributed by atoms with van der Waals surface area (Å²) in [7, 11) is 0. The van der Waals surface area contributed by atoms with Gasteiger partial charge in [-0.05, 0) is 31.2 Å². The number of imidazole rings is 1. The fourth-order valence-corrected chi connectivity index (χ4v) is 2.19. The number of hydrogen-bond acceptors (Lipinski definition) is 4. The molecule has 0 fully saturated rings. The molecule has 0 saturated carbocycles. The molecule has 2 heterocycles. The summed E-state index contributed by atoms with van der Waals surface area (Å²) in [6, 6.07) is 10.4. The summed E-state index contributed by atoms with van der Waals surface area (Å²) in [6.07, 6.45) is 3.33. The van der Waals surface area contributed by atoms with E-state index < -0.39 is 0 Å². The molecule has 0 saturated heterocycles. The van der Waals surface area contributed by atoms with Crippen LogP contribution in [0.4, 0.5) is 0 Å². The minimum absolute atomic E-state index is 0.0746. The fraction of sp³-hybridized carbons (Fsp3) is 0.0667. The monoisotopic (exact) mass is 267 g/mol. The van der Waals surface area contributed by atoms with E-state index in [4.69, 9.17) is 0 Å². The molecule has 0 radical (unpaired) electrons. The molecule has 5 nitrogen and oxygen atoms in total. The number of nitrogens with zero attached hydrogens (tertiary/aromatic N) is 3. The molecule has 3 aromatic rings. The lowest BCUT2D eigenvalue weighted by Gasteiger charge is -2.05. The number of pyridine rings is 1. The first-order valence-corrected chi connectivity index (χ1v) is 6.16. The number of rotatable bonds is 2. The van der Waals surface area contributed by atoms with Gasteiger partial charge in [0.25, 0.3) is 0 Å². The lowest BCUT2D eigenvalue weighted by atomic mass is 10.2. The second kappa shape index (κ2) is 4.70. The number of phenols is 1. The van der Waals surface area contributed by atoms with E-state index in [9.17, 15) is 10.3 Å². The Morgan fingerprint density at radius 3 is 2.60 bits per heavy atom. The summed E-state index contributed by atoms with van der Waals surface area (Å²) in [5.74, 6) is 0.380. The maximum absolute atomic E-state index is 10.4. The van der Waals surface area contributed by atoms with Crippen LogP contribution in [0.1, 0.15) is 5.69 Å². The van der Waals surface area contributed by atoms with Crippen molar-refractivity contribution in [1.82, 2.24) is 14.7 Å². The molecule has 0 atom stereocenters. The van der Waals surface area contributed by atoms with Crippen molar-refractivity contribution in [3.8, 4) is 28.4 Å². The Hall–Kier alpha value is -2.82. The van der Waals surface area contributed by atoms with E-state index in [0.29, 0.717) is 22.8 Å². The lowest BCUT2D eigenvalue weighted by Crippen LogP contribution is -1.97. The van der Waals surface area contributed by atoms with Crippen LogP contribution in [-0.2, 0) is 0 Å². The average Bonchev–Trinajstić information content (AvgIpc) is 2.75. The third-order valence-electron chi connectivity index (χ3n) is 3.11. The quantitative estimate of drug-likeness (QED) is 0.700. The molecular formula is C15H13N3O2. The molecule has 2 N–H and O–H groups in total. The molecule has 0 aliphatic heterocycles. The van der Waals surface area contributed by atoms with Crippen LogP contribution in [-0.4, -0.2) is 25.0 Å². The van der Waals surface area contributed by atoms with Gasteiger partial charge >= 0.3 is 0 Å². The van der Waals surface area contributed by atoms with Gasteiger partial charge in [-0.1, -0.05) is 12.1 Å². The van der Waals surface area contributed by atoms with E-state index in [1.54, 1.807) is 49.6 Å². The number of phenolic OH excluding ortho intramolecular Hbond substituents is 1. The molecule has 0 bridgehead atoms. The topological polar surface area (TPSA) is 71.2 Å². The molecule has 0 spiro atoms. The minimum Gasteiger partial charge on any atom is -0.507 e. The number of benzene rings is 1. The number of aryl methyl sites for hydroxylation is 1. The van der Waals surface area contributed by atoms with Crippen LogP contribution in [0, 0.1) is 6.92 Å². The van der Waals surface area contributed by atoms with Crippen LogP contribution in [0.15, 0.2) is 48.8 Å². The van der Waals surface area contributed by atoms with Crippen LogP contribution in [0.2, 0.25) is 0 Å². The minimum atomic E-state index is 0.0746. The van der Waals surface area contributed by atoms with E-state index in [0.717, 1.165) is 10.3 Å². The lowest BCUT2D eigenvalue weighted by molar-refractivity contribution is 0.195. The number of para-hydroxylation sites is 1. The highest BCUT2D eigenvalue weighted by molar-refractivity contribution is 5.70. The standard InChI is InChI=1S/C15H13N3O2/c1-10-14(11-5-4-8-16-9-11)18(20)15(17-10)12-6-2-3-7-13(12)19/h2-9,19-20H,1H3. The van der Waals surface area contributed by atoms with Crippen LogP contribution in [0.25, 0.3) is 22.6 Å². The van der Waals surface area contributed by atoms with Gasteiger partial charge in [-0.15, -0.1) is 0 Å². The smallest absolute Gasteiger partial charge is 0.179 e. The zero-order valence-electron chi connectivity index (χ0n) is 10.9. The molecule has 20 heavy (non-hydrogen) atoms. The summed E-state index contributed by atoms with van der Waals surface area (Å²) >= 11 is 0. The fourth-order valence-electron chi connectivity index (χ4n) is 2.19. The van der Waals surface area contributed by atoms with E-state index >= 15 is 0 Å². The molecule has 0 unspecified atom stereocenters. The third-order valence-corrected chi connectivity index (χ3v) is 3.11. The zero-order valence-corrected chi connectivity index (χ0v) is 10.9. The van der Waals surface area contributed by atoms with Crippen LogP contribution >= 0.6 is 0 Å². The van der Waals surface area contributed by atoms with Gasteiger partial charge in [0.15, 0.2) is 5.82 Å². The maximum atomic E-state index is 10.4. The van der Waals surface area contributed by atoms with Gasteiger partial charge in [0.05, 0.1) is 11.3 Å². The van der Waals surface area contributed by atoms with Gasteiger partial charge in [0.2, 0.25) is 0 Å². The molecule has 100 valence electrons. The van der Waals surface area contributed by atoms with Crippen molar-refractivity contribution in [3.05, 3.63) is 54.5 Å². The van der Waals surface area contributed by atoms with Crippen LogP contribution in [0.5, 0.6) is 5.75 Å². The van der Waals surface area contributed by atoms with Crippen molar-refractivity contribution < 1.29 is 10.3 Å². The van der Waals surface area contributed by atoms with Crippen molar-refractivity contribution in [2.75, 3.05) is 0 Å². The summed E-state index contributed by atoms with van der Waals surface area (Å²) in [4.78, 5) is 8.38. The van der Waals surface area contributed by atoms with Gasteiger partial charge < -0.3 is 10.3 Å². The van der Waals surface area contributed by atoms with Crippen molar-refractivity contribution in [2.45, 2.75) is 6.92 Å². The first kappa shape index (κ1) is 12.2. The first-order valence-electron chi connectivity index (χ1n) is 6.16. The van der Waals surface area contributed by atoms with Crippen LogP contribution in [0.3, 0.4) is 0 Å². The zero-order chi connectivity index (χ0) is 14.1. The highest BCUT2D eigenvalue weighted by Crippen LogP contribution is 2.32. The normalized spacial score (nSPS) is 10.7. The number of hydrogen-bond donors (Lipinski definition) is 2. The second-order valence-electron chi connectivity index (χ2n) is 4.44. The summed E-state index contributed by atoms with van der Waals surface area (Å²) in [5, 5.41) is 20.2. The Morgan fingerprint density at radius 2 is 1.90 bits per heavy atom. The van der Waals surface area contributed by atoms with Gasteiger partial charge in [-0.25, -0.2) is 4.98 Å². The van der Waals surface area contributed by atoms with Gasteiger partial charge in [0.1, 0.15) is 11.4 Å². The summed E-state index contributed by atoms with van der Waals surface area (Å²) in [5.41, 5.74) is 2.48. The molecule has 5 heteroatoms. The Balaban J connectivity index is 2.20. The predicted molar refractivity (Wildman–Crippen MR) is 74.5 cm³/mol. The third kappa shape index (κ3) is 1.89. The Kier molecular flexibility index (Phi) is 2.87. The molecule has 1 aromatic carbocycles. The highest BCUT2D eigenvalue weighted by atomic mass is 16.5. The number of aromatic hydroxyl groups is 1. The molecule has 0 aliphatic carbocycles. The van der Waals surface area contributed by atoms with E-state index in [1.807, 2.05) is 6.07 Å². The Bertz CT molecular complexity index is 751.